The number of amides is 1. The molecule has 1 aliphatic heterocycles. The zero-order valence-electron chi connectivity index (χ0n) is 18.2. The van der Waals surface area contributed by atoms with Crippen LogP contribution < -0.4 is 10.6 Å². The molecule has 0 saturated heterocycles. The van der Waals surface area contributed by atoms with E-state index in [-0.39, 0.29) is 17.4 Å². The number of carbonyl (C=O) groups is 2. The van der Waals surface area contributed by atoms with Crippen LogP contribution in [0.5, 0.6) is 0 Å². The van der Waals surface area contributed by atoms with Gasteiger partial charge in [0.2, 0.25) is 5.91 Å². The number of allylic oxidation sites excluding steroid dienone is 3. The Bertz CT molecular complexity index is 1160. The van der Waals surface area contributed by atoms with E-state index in [1.807, 2.05) is 25.1 Å². The summed E-state index contributed by atoms with van der Waals surface area (Å²) in [7, 11) is 0. The Morgan fingerprint density at radius 3 is 2.88 bits per heavy atom. The summed E-state index contributed by atoms with van der Waals surface area (Å²) in [5.41, 5.74) is 4.81. The van der Waals surface area contributed by atoms with Crippen molar-refractivity contribution in [3.63, 3.8) is 0 Å². The third-order valence-corrected chi connectivity index (χ3v) is 6.86. The number of nitrogens with one attached hydrogen (secondary N) is 2. The maximum absolute atomic E-state index is 12.8. The summed E-state index contributed by atoms with van der Waals surface area (Å²) in [5.74, 6) is 0.0846. The van der Waals surface area contributed by atoms with Crippen LogP contribution in [0.4, 0.5) is 5.69 Å². The van der Waals surface area contributed by atoms with Crippen molar-refractivity contribution >= 4 is 29.1 Å². The average Bonchev–Trinajstić information content (AvgIpc) is 3.32. The van der Waals surface area contributed by atoms with Crippen LogP contribution in [0.3, 0.4) is 0 Å². The number of dihydropyridines is 1. The molecule has 0 fully saturated rings. The van der Waals surface area contributed by atoms with Crippen LogP contribution in [0, 0.1) is 18.3 Å². The highest BCUT2D eigenvalue weighted by atomic mass is 32.2. The highest BCUT2D eigenvalue weighted by molar-refractivity contribution is 8.03. The molecule has 0 saturated carbocycles. The number of nitriles is 1. The molecule has 1 unspecified atom stereocenters. The number of benzene rings is 1. The van der Waals surface area contributed by atoms with E-state index in [1.165, 1.54) is 11.8 Å². The molecule has 2 aliphatic rings. The van der Waals surface area contributed by atoms with Crippen molar-refractivity contribution in [2.75, 3.05) is 11.1 Å². The Morgan fingerprint density at radius 2 is 2.16 bits per heavy atom. The first-order valence-electron chi connectivity index (χ1n) is 10.8. The van der Waals surface area contributed by atoms with Crippen LogP contribution in [0.2, 0.25) is 0 Å². The highest BCUT2D eigenvalue weighted by Crippen LogP contribution is 2.44. The Hall–Kier alpha value is -3.24. The molecule has 164 valence electrons. The van der Waals surface area contributed by atoms with Gasteiger partial charge >= 0.3 is 0 Å². The SMILES string of the molecule is CCc1cccc(C)c1NC(=O)CSC1=C(C#N)C(c2ccco2)C2=C(CCCC2=O)N1. The summed E-state index contributed by atoms with van der Waals surface area (Å²) in [5, 5.41) is 16.9. The Balaban J connectivity index is 1.58. The van der Waals surface area contributed by atoms with Crippen LogP contribution >= 0.6 is 11.8 Å². The van der Waals surface area contributed by atoms with Gasteiger partial charge in [0.05, 0.1) is 34.6 Å². The van der Waals surface area contributed by atoms with Gasteiger partial charge in [-0.05, 0) is 49.4 Å². The second kappa shape index (κ2) is 9.49. The van der Waals surface area contributed by atoms with Gasteiger partial charge in [-0.15, -0.1) is 0 Å². The minimum absolute atomic E-state index is 0.0429. The molecule has 4 rings (SSSR count). The molecule has 2 heterocycles. The van der Waals surface area contributed by atoms with Crippen LogP contribution in [0.15, 0.2) is 62.9 Å². The Labute approximate surface area is 191 Å². The number of Topliss-reactive ketones (excluding diaryl/α,β-unsaturated/α-hetero) is 1. The van der Waals surface area contributed by atoms with Crippen molar-refractivity contribution in [3.05, 3.63) is 75.4 Å². The van der Waals surface area contributed by atoms with Crippen molar-refractivity contribution in [3.8, 4) is 6.07 Å². The molecule has 1 aromatic carbocycles. The first-order chi connectivity index (χ1) is 15.5. The molecule has 1 aromatic heterocycles. The molecule has 2 N–H and O–H groups in total. The van der Waals surface area contributed by atoms with E-state index < -0.39 is 5.92 Å². The molecular formula is C25H25N3O3S. The van der Waals surface area contributed by atoms with E-state index >= 15 is 0 Å². The lowest BCUT2D eigenvalue weighted by Gasteiger charge is -2.32. The lowest BCUT2D eigenvalue weighted by Crippen LogP contribution is -2.31. The summed E-state index contributed by atoms with van der Waals surface area (Å²) in [4.78, 5) is 25.5. The zero-order chi connectivity index (χ0) is 22.7. The molecule has 1 amide bonds. The number of aryl methyl sites for hydroxylation is 2. The number of carbonyl (C=O) groups excluding carboxylic acids is 2. The van der Waals surface area contributed by atoms with E-state index in [4.69, 9.17) is 4.42 Å². The number of rotatable bonds is 6. The van der Waals surface area contributed by atoms with Crippen molar-refractivity contribution < 1.29 is 14.0 Å². The lowest BCUT2D eigenvalue weighted by atomic mass is 9.79. The number of furan rings is 1. The van der Waals surface area contributed by atoms with E-state index in [2.05, 4.69) is 23.6 Å². The second-order valence-corrected chi connectivity index (χ2v) is 8.88. The maximum atomic E-state index is 12.8. The molecule has 7 heteroatoms. The average molecular weight is 448 g/mol. The molecule has 1 atom stereocenters. The van der Waals surface area contributed by atoms with Crippen LogP contribution in [-0.2, 0) is 16.0 Å². The summed E-state index contributed by atoms with van der Waals surface area (Å²) in [6.45, 7) is 4.03. The smallest absolute Gasteiger partial charge is 0.234 e. The number of para-hydroxylation sites is 1. The zero-order valence-corrected chi connectivity index (χ0v) is 19.0. The lowest BCUT2D eigenvalue weighted by molar-refractivity contribution is -0.116. The second-order valence-electron chi connectivity index (χ2n) is 7.90. The maximum Gasteiger partial charge on any atom is 0.234 e. The van der Waals surface area contributed by atoms with Crippen molar-refractivity contribution in [1.29, 1.82) is 5.26 Å². The predicted octanol–water partition coefficient (Wildman–Crippen LogP) is 4.95. The first-order valence-corrected chi connectivity index (χ1v) is 11.7. The monoisotopic (exact) mass is 447 g/mol. The first kappa shape index (κ1) is 22.0. The minimum Gasteiger partial charge on any atom is -0.468 e. The normalized spacial score (nSPS) is 18.2. The topological polar surface area (TPSA) is 95.1 Å². The number of hydrogen-bond acceptors (Lipinski definition) is 6. The molecular weight excluding hydrogens is 422 g/mol. The summed E-state index contributed by atoms with van der Waals surface area (Å²) in [6, 6.07) is 11.8. The molecule has 0 radical (unpaired) electrons. The highest BCUT2D eigenvalue weighted by Gasteiger charge is 2.38. The third kappa shape index (κ3) is 4.23. The van der Waals surface area contributed by atoms with Gasteiger partial charge in [-0.25, -0.2) is 0 Å². The standard InChI is InChI=1S/C25H25N3O3S/c1-3-16-8-4-7-15(2)24(16)28-21(30)14-32-25-17(13-26)22(20-11-6-12-31-20)23-18(27-25)9-5-10-19(23)29/h4,6-8,11-12,22,27H,3,5,9-10,14H2,1-2H3,(H,28,30). The third-order valence-electron chi connectivity index (χ3n) is 5.84. The van der Waals surface area contributed by atoms with Gasteiger partial charge in [0, 0.05) is 23.4 Å². The predicted molar refractivity (Wildman–Crippen MR) is 125 cm³/mol. The molecule has 32 heavy (non-hydrogen) atoms. The van der Waals surface area contributed by atoms with Crippen molar-refractivity contribution in [2.45, 2.75) is 45.4 Å². The summed E-state index contributed by atoms with van der Waals surface area (Å²) in [6.07, 6.45) is 4.34. The number of anilines is 1. The van der Waals surface area contributed by atoms with E-state index in [1.54, 1.807) is 18.4 Å². The summed E-state index contributed by atoms with van der Waals surface area (Å²) < 4.78 is 5.61. The van der Waals surface area contributed by atoms with Gasteiger partial charge in [0.1, 0.15) is 5.76 Å². The molecule has 0 spiro atoms. The van der Waals surface area contributed by atoms with Crippen LogP contribution in [-0.4, -0.2) is 17.4 Å². The number of ketones is 1. The van der Waals surface area contributed by atoms with Crippen LogP contribution in [0.25, 0.3) is 0 Å². The Kier molecular flexibility index (Phi) is 6.52. The Morgan fingerprint density at radius 1 is 1.31 bits per heavy atom. The fourth-order valence-corrected chi connectivity index (χ4v) is 5.15. The number of hydrogen-bond donors (Lipinski definition) is 2. The minimum atomic E-state index is -0.535. The van der Waals surface area contributed by atoms with E-state index in [9.17, 15) is 14.9 Å². The molecule has 0 bridgehead atoms. The van der Waals surface area contributed by atoms with E-state index in [0.717, 1.165) is 41.8 Å². The summed E-state index contributed by atoms with van der Waals surface area (Å²) >= 11 is 1.28. The van der Waals surface area contributed by atoms with Crippen molar-refractivity contribution in [1.82, 2.24) is 5.32 Å². The van der Waals surface area contributed by atoms with E-state index in [0.29, 0.717) is 28.4 Å². The van der Waals surface area contributed by atoms with Gasteiger partial charge in [-0.1, -0.05) is 36.9 Å². The van der Waals surface area contributed by atoms with Gasteiger partial charge in [0.15, 0.2) is 5.78 Å². The molecule has 6 nitrogen and oxygen atoms in total. The molecule has 1 aliphatic carbocycles. The van der Waals surface area contributed by atoms with Crippen LogP contribution in [0.1, 0.15) is 49.0 Å². The van der Waals surface area contributed by atoms with Gasteiger partial charge in [-0.3, -0.25) is 9.59 Å². The quantitative estimate of drug-likeness (QED) is 0.650. The van der Waals surface area contributed by atoms with Gasteiger partial charge in [-0.2, -0.15) is 5.26 Å². The van der Waals surface area contributed by atoms with Gasteiger partial charge < -0.3 is 15.1 Å². The van der Waals surface area contributed by atoms with Gasteiger partial charge in [0.25, 0.3) is 0 Å². The molecule has 2 aromatic rings. The fourth-order valence-electron chi connectivity index (χ4n) is 4.29. The number of thioether (sulfide) groups is 1. The van der Waals surface area contributed by atoms with Crippen molar-refractivity contribution in [2.24, 2.45) is 0 Å². The number of nitrogens with zero attached hydrogens (tertiary/aromatic N) is 1. The largest absolute Gasteiger partial charge is 0.468 e. The fraction of sp³-hybridized carbons (Fsp3) is 0.320.